The number of anilines is 2. The van der Waals surface area contributed by atoms with Gasteiger partial charge in [0.1, 0.15) is 5.82 Å². The lowest BCUT2D eigenvalue weighted by Gasteiger charge is -2.25. The highest BCUT2D eigenvalue weighted by atomic mass is 16.6. The molecule has 0 spiro atoms. The summed E-state index contributed by atoms with van der Waals surface area (Å²) in [6, 6.07) is 2.94. The zero-order valence-corrected chi connectivity index (χ0v) is 10.7. The fraction of sp³-hybridized carbons (Fsp3) is 0.545. The minimum Gasteiger partial charge on any atom is -0.396 e. The van der Waals surface area contributed by atoms with Crippen LogP contribution >= 0.6 is 0 Å². The molecule has 0 radical (unpaired) electrons. The average Bonchev–Trinajstić information content (AvgIpc) is 2.27. The van der Waals surface area contributed by atoms with Crippen molar-refractivity contribution in [2.24, 2.45) is 0 Å². The van der Waals surface area contributed by atoms with Gasteiger partial charge in [0.05, 0.1) is 4.92 Å². The number of nitro groups is 1. The Morgan fingerprint density at radius 3 is 2.67 bits per heavy atom. The van der Waals surface area contributed by atoms with Gasteiger partial charge in [-0.2, -0.15) is 0 Å². The predicted octanol–water partition coefficient (Wildman–Crippen LogP) is 1.60. The Kier molecular flexibility index (Phi) is 4.43. The van der Waals surface area contributed by atoms with Gasteiger partial charge in [-0.05, 0) is 26.3 Å². The largest absolute Gasteiger partial charge is 0.396 e. The summed E-state index contributed by atoms with van der Waals surface area (Å²) in [5.41, 5.74) is -0.557. The van der Waals surface area contributed by atoms with E-state index in [9.17, 15) is 10.1 Å². The Bertz CT molecular complexity index is 434. The maximum Gasteiger partial charge on any atom is 0.311 e. The molecule has 0 amide bonds. The van der Waals surface area contributed by atoms with Gasteiger partial charge in [-0.15, -0.1) is 0 Å². The number of rotatable bonds is 6. The van der Waals surface area contributed by atoms with Crippen LogP contribution in [0.1, 0.15) is 20.3 Å². The number of aliphatic hydroxyl groups is 1. The minimum absolute atomic E-state index is 0.000480. The van der Waals surface area contributed by atoms with E-state index < -0.39 is 10.5 Å². The lowest BCUT2D eigenvalue weighted by Crippen LogP contribution is -2.32. The normalized spacial score (nSPS) is 11.1. The second-order valence-electron chi connectivity index (χ2n) is 4.55. The highest BCUT2D eigenvalue weighted by Crippen LogP contribution is 2.27. The van der Waals surface area contributed by atoms with Crippen LogP contribution in [0.3, 0.4) is 0 Å². The van der Waals surface area contributed by atoms with Crippen LogP contribution in [-0.4, -0.2) is 34.2 Å². The van der Waals surface area contributed by atoms with Crippen molar-refractivity contribution in [3.8, 4) is 0 Å². The molecule has 1 aromatic heterocycles. The number of aliphatic hydroxyl groups excluding tert-OH is 1. The van der Waals surface area contributed by atoms with Crippen molar-refractivity contribution in [2.75, 3.05) is 24.3 Å². The summed E-state index contributed by atoms with van der Waals surface area (Å²) in [5.74, 6) is 0.744. The molecule has 7 nitrogen and oxygen atoms in total. The molecule has 1 heterocycles. The number of nitrogens with zero attached hydrogens (tertiary/aromatic N) is 2. The minimum atomic E-state index is -0.482. The first-order valence-electron chi connectivity index (χ1n) is 5.62. The van der Waals surface area contributed by atoms with E-state index in [1.54, 1.807) is 13.1 Å². The maximum absolute atomic E-state index is 10.9. The lowest BCUT2D eigenvalue weighted by atomic mass is 10.0. The van der Waals surface area contributed by atoms with Gasteiger partial charge in [-0.25, -0.2) is 4.98 Å². The fourth-order valence-electron chi connectivity index (χ4n) is 1.49. The van der Waals surface area contributed by atoms with Gasteiger partial charge < -0.3 is 15.7 Å². The molecule has 3 N–H and O–H groups in total. The van der Waals surface area contributed by atoms with Crippen LogP contribution in [0.25, 0.3) is 0 Å². The zero-order chi connectivity index (χ0) is 13.8. The van der Waals surface area contributed by atoms with E-state index in [1.807, 2.05) is 13.8 Å². The Labute approximate surface area is 105 Å². The molecule has 0 unspecified atom stereocenters. The molecule has 0 aromatic carbocycles. The highest BCUT2D eigenvalue weighted by molar-refractivity contribution is 5.61. The summed E-state index contributed by atoms with van der Waals surface area (Å²) in [7, 11) is 1.69. The molecular formula is C11H18N4O3. The number of nitrogens with one attached hydrogen (secondary N) is 2. The second kappa shape index (κ2) is 5.63. The molecule has 0 saturated carbocycles. The Morgan fingerprint density at radius 1 is 1.50 bits per heavy atom. The van der Waals surface area contributed by atoms with Gasteiger partial charge in [-0.3, -0.25) is 10.1 Å². The quantitative estimate of drug-likeness (QED) is 0.526. The summed E-state index contributed by atoms with van der Waals surface area (Å²) in [6.45, 7) is 3.70. The molecule has 1 rings (SSSR count). The molecule has 0 aliphatic rings. The van der Waals surface area contributed by atoms with Crippen LogP contribution in [0.2, 0.25) is 0 Å². The summed E-state index contributed by atoms with van der Waals surface area (Å²) >= 11 is 0. The van der Waals surface area contributed by atoms with E-state index in [0.29, 0.717) is 12.2 Å². The van der Waals surface area contributed by atoms with E-state index in [0.717, 1.165) is 0 Å². The zero-order valence-electron chi connectivity index (χ0n) is 10.7. The molecule has 0 bridgehead atoms. The van der Waals surface area contributed by atoms with E-state index >= 15 is 0 Å². The van der Waals surface area contributed by atoms with Gasteiger partial charge >= 0.3 is 5.69 Å². The average molecular weight is 254 g/mol. The molecule has 0 fully saturated rings. The first-order valence-corrected chi connectivity index (χ1v) is 5.62. The van der Waals surface area contributed by atoms with Crippen LogP contribution in [0.5, 0.6) is 0 Å². The van der Waals surface area contributed by atoms with Crippen molar-refractivity contribution in [1.82, 2.24) is 4.98 Å². The topological polar surface area (TPSA) is 100 Å². The maximum atomic E-state index is 10.9. The Balaban J connectivity index is 3.08. The number of hydrogen-bond donors (Lipinski definition) is 3. The summed E-state index contributed by atoms with van der Waals surface area (Å²) in [6.07, 6.45) is 0.468. The van der Waals surface area contributed by atoms with Gasteiger partial charge in [0.25, 0.3) is 0 Å². The van der Waals surface area contributed by atoms with E-state index in [-0.39, 0.29) is 18.1 Å². The third kappa shape index (κ3) is 3.56. The van der Waals surface area contributed by atoms with Crippen LogP contribution in [-0.2, 0) is 0 Å². The Morgan fingerprint density at radius 2 is 2.17 bits per heavy atom. The summed E-state index contributed by atoms with van der Waals surface area (Å²) in [5, 5.41) is 25.7. The molecule has 100 valence electrons. The first kappa shape index (κ1) is 14.2. The second-order valence-corrected chi connectivity index (χ2v) is 4.55. The number of hydrogen-bond acceptors (Lipinski definition) is 6. The SMILES string of the molecule is CNc1ccc([N+](=O)[O-])c(NC(C)(C)CCO)n1. The van der Waals surface area contributed by atoms with Gasteiger partial charge in [0.2, 0.25) is 5.82 Å². The molecule has 18 heavy (non-hydrogen) atoms. The smallest absolute Gasteiger partial charge is 0.311 e. The third-order valence-electron chi connectivity index (χ3n) is 2.52. The van der Waals surface area contributed by atoms with Gasteiger partial charge in [0, 0.05) is 25.3 Å². The van der Waals surface area contributed by atoms with Crippen molar-refractivity contribution >= 4 is 17.3 Å². The molecule has 0 atom stereocenters. The van der Waals surface area contributed by atoms with Crippen molar-refractivity contribution in [2.45, 2.75) is 25.8 Å². The van der Waals surface area contributed by atoms with Crippen LogP contribution < -0.4 is 10.6 Å². The number of pyridine rings is 1. The van der Waals surface area contributed by atoms with E-state index in [1.165, 1.54) is 6.07 Å². The summed E-state index contributed by atoms with van der Waals surface area (Å²) < 4.78 is 0. The van der Waals surface area contributed by atoms with Crippen LogP contribution in [0, 0.1) is 10.1 Å². The van der Waals surface area contributed by atoms with Gasteiger partial charge in [0.15, 0.2) is 0 Å². The van der Waals surface area contributed by atoms with Crippen molar-refractivity contribution in [1.29, 1.82) is 0 Å². The van der Waals surface area contributed by atoms with Gasteiger partial charge in [-0.1, -0.05) is 0 Å². The fourth-order valence-corrected chi connectivity index (χ4v) is 1.49. The van der Waals surface area contributed by atoms with Crippen LogP contribution in [0.15, 0.2) is 12.1 Å². The predicted molar refractivity (Wildman–Crippen MR) is 69.8 cm³/mol. The Hall–Kier alpha value is -1.89. The summed E-state index contributed by atoms with van der Waals surface area (Å²) in [4.78, 5) is 14.6. The lowest BCUT2D eigenvalue weighted by molar-refractivity contribution is -0.384. The molecular weight excluding hydrogens is 236 g/mol. The van der Waals surface area contributed by atoms with Crippen molar-refractivity contribution < 1.29 is 10.0 Å². The molecule has 0 aliphatic carbocycles. The standard InChI is InChI=1S/C11H18N4O3/c1-11(2,6-7-16)14-10-8(15(17)18)4-5-9(12-3)13-10/h4-5,16H,6-7H2,1-3H3,(H2,12,13,14). The molecule has 0 saturated heterocycles. The molecule has 0 aliphatic heterocycles. The van der Waals surface area contributed by atoms with E-state index in [2.05, 4.69) is 15.6 Å². The molecule has 7 heteroatoms. The van der Waals surface area contributed by atoms with Crippen LogP contribution in [0.4, 0.5) is 17.3 Å². The van der Waals surface area contributed by atoms with Crippen molar-refractivity contribution in [3.63, 3.8) is 0 Å². The van der Waals surface area contributed by atoms with E-state index in [4.69, 9.17) is 5.11 Å². The van der Waals surface area contributed by atoms with Crippen molar-refractivity contribution in [3.05, 3.63) is 22.2 Å². The monoisotopic (exact) mass is 254 g/mol. The molecule has 1 aromatic rings. The first-order chi connectivity index (χ1) is 8.39. The third-order valence-corrected chi connectivity index (χ3v) is 2.52. The number of aromatic nitrogens is 1. The highest BCUT2D eigenvalue weighted by Gasteiger charge is 2.23.